The first-order valence-electron chi connectivity index (χ1n) is 18.7. The Kier molecular flexibility index (Phi) is 16.6. The molecule has 4 aromatic heterocycles. The summed E-state index contributed by atoms with van der Waals surface area (Å²) in [6.07, 6.45) is 0. The van der Waals surface area contributed by atoms with E-state index >= 15 is 0 Å². The van der Waals surface area contributed by atoms with E-state index in [9.17, 15) is 42.0 Å². The highest BCUT2D eigenvalue weighted by Crippen LogP contribution is 2.28. The molecule has 0 unspecified atom stereocenters. The van der Waals surface area contributed by atoms with Crippen LogP contribution in [-0.2, 0) is 59.4 Å². The summed E-state index contributed by atoms with van der Waals surface area (Å²) in [7, 11) is 1.88. The molecule has 4 heterocycles. The van der Waals surface area contributed by atoms with Crippen molar-refractivity contribution in [3.8, 4) is 11.4 Å². The number of thioether (sulfide) groups is 1. The van der Waals surface area contributed by atoms with Crippen molar-refractivity contribution < 1.29 is 42.4 Å². The molecule has 0 bridgehead atoms. The van der Waals surface area contributed by atoms with Gasteiger partial charge in [-0.1, -0.05) is 17.7 Å². The molecule has 0 aliphatic carbocycles. The molecular formula is C41H39ClN6O13S4. The SMILES string of the molecule is COC(=O)CS(=O)(=O)Cc1nsc2ccc(-n3c(=O)cc(C)n(C)c3=O)cc12.COC(=O)CSCc1nsc2ccc(-n3c(=O)cc(C)n(C)c3=O)cc12.O=C(OO)c1cccc(Cl)c1. The molecule has 24 heteroatoms. The number of rotatable bonds is 11. The molecule has 342 valence electrons. The Morgan fingerprint density at radius 2 is 1.25 bits per heavy atom. The highest BCUT2D eigenvalue weighted by atomic mass is 35.5. The highest BCUT2D eigenvalue weighted by Gasteiger charge is 2.22. The third-order valence-corrected chi connectivity index (χ3v) is 13.7. The number of carbonyl (C=O) groups is 3. The number of hydrogen-bond donors (Lipinski definition) is 1. The van der Waals surface area contributed by atoms with Crippen LogP contribution in [0.25, 0.3) is 31.5 Å². The molecule has 7 aromatic rings. The smallest absolute Gasteiger partial charge is 0.372 e. The Labute approximate surface area is 386 Å². The zero-order chi connectivity index (χ0) is 47.7. The molecule has 0 aliphatic heterocycles. The quantitative estimate of drug-likeness (QED) is 0.0818. The van der Waals surface area contributed by atoms with Gasteiger partial charge in [0.25, 0.3) is 11.1 Å². The van der Waals surface area contributed by atoms with E-state index in [1.807, 2.05) is 6.07 Å². The number of ether oxygens (including phenoxy) is 2. The van der Waals surface area contributed by atoms with Gasteiger partial charge in [-0.05, 0) is 91.5 Å². The minimum atomic E-state index is -3.78. The molecule has 65 heavy (non-hydrogen) atoms. The number of sulfone groups is 1. The minimum absolute atomic E-state index is 0.222. The van der Waals surface area contributed by atoms with Crippen LogP contribution < -0.4 is 22.5 Å². The van der Waals surface area contributed by atoms with Crippen molar-refractivity contribution in [1.29, 1.82) is 0 Å². The number of esters is 2. The molecule has 0 atom stereocenters. The maximum atomic E-state index is 12.5. The molecule has 0 saturated heterocycles. The summed E-state index contributed by atoms with van der Waals surface area (Å²) in [6.45, 7) is 3.37. The molecule has 19 nitrogen and oxygen atoms in total. The van der Waals surface area contributed by atoms with Crippen LogP contribution >= 0.6 is 46.4 Å². The van der Waals surface area contributed by atoms with Gasteiger partial charge in [-0.2, -0.15) is 14.0 Å². The number of aromatic nitrogens is 6. The summed E-state index contributed by atoms with van der Waals surface area (Å²) in [6, 6.07) is 19.1. The van der Waals surface area contributed by atoms with Crippen molar-refractivity contribution in [2.45, 2.75) is 25.4 Å². The van der Waals surface area contributed by atoms with Crippen LogP contribution in [0.15, 0.2) is 92.0 Å². The van der Waals surface area contributed by atoms with Gasteiger partial charge in [0.2, 0.25) is 0 Å². The fraction of sp³-hybridized carbons (Fsp3) is 0.244. The fourth-order valence-corrected chi connectivity index (χ4v) is 9.76. The lowest BCUT2D eigenvalue weighted by Gasteiger charge is -2.09. The number of fused-ring (bicyclic) bond motifs is 2. The van der Waals surface area contributed by atoms with Crippen LogP contribution in [0.1, 0.15) is 33.1 Å². The maximum Gasteiger partial charge on any atom is 0.372 e. The van der Waals surface area contributed by atoms with Gasteiger partial charge < -0.3 is 18.6 Å². The predicted octanol–water partition coefficient (Wildman–Crippen LogP) is 4.37. The lowest BCUT2D eigenvalue weighted by atomic mass is 10.2. The number of methoxy groups -OCH3 is 2. The number of carbonyl (C=O) groups excluding carboxylic acids is 3. The minimum Gasteiger partial charge on any atom is -0.468 e. The summed E-state index contributed by atoms with van der Waals surface area (Å²) in [4.78, 5) is 86.4. The zero-order valence-electron chi connectivity index (χ0n) is 35.3. The third kappa shape index (κ3) is 12.1. The second-order valence-corrected chi connectivity index (χ2v) is 18.9. The van der Waals surface area contributed by atoms with Crippen LogP contribution in [0, 0.1) is 13.8 Å². The lowest BCUT2D eigenvalue weighted by molar-refractivity contribution is -0.182. The first kappa shape index (κ1) is 49.8. The maximum absolute atomic E-state index is 12.5. The molecule has 0 saturated carbocycles. The second-order valence-electron chi connectivity index (χ2n) is 13.8. The average molecular weight is 988 g/mol. The van der Waals surface area contributed by atoms with Crippen LogP contribution in [0.3, 0.4) is 0 Å². The molecule has 0 radical (unpaired) electrons. The molecular weight excluding hydrogens is 948 g/mol. The lowest BCUT2D eigenvalue weighted by Crippen LogP contribution is -2.38. The van der Waals surface area contributed by atoms with Crippen LogP contribution in [0.4, 0.5) is 0 Å². The van der Waals surface area contributed by atoms with E-state index in [2.05, 4.69) is 23.1 Å². The molecule has 0 aliphatic rings. The van der Waals surface area contributed by atoms with Gasteiger partial charge in [-0.15, -0.1) is 11.8 Å². The summed E-state index contributed by atoms with van der Waals surface area (Å²) in [5.74, 6) is -2.37. The normalized spacial score (nSPS) is 11.0. The monoisotopic (exact) mass is 986 g/mol. The van der Waals surface area contributed by atoms with Gasteiger partial charge in [0.15, 0.2) is 9.84 Å². The molecule has 0 fully saturated rings. The van der Waals surface area contributed by atoms with E-state index < -0.39 is 44.5 Å². The molecule has 1 N–H and O–H groups in total. The first-order chi connectivity index (χ1) is 30.8. The summed E-state index contributed by atoms with van der Waals surface area (Å²) in [5, 5.41) is 9.79. The highest BCUT2D eigenvalue weighted by molar-refractivity contribution is 7.99. The Morgan fingerprint density at radius 1 is 0.738 bits per heavy atom. The van der Waals surface area contributed by atoms with Gasteiger partial charge in [0.05, 0.1) is 63.5 Å². The Balaban J connectivity index is 0.000000199. The average Bonchev–Trinajstić information content (AvgIpc) is 3.87. The van der Waals surface area contributed by atoms with Gasteiger partial charge >= 0.3 is 29.3 Å². The van der Waals surface area contributed by atoms with Crippen molar-refractivity contribution in [2.75, 3.05) is 25.7 Å². The first-order valence-corrected chi connectivity index (χ1v) is 23.6. The number of aryl methyl sites for hydroxylation is 2. The van der Waals surface area contributed by atoms with Gasteiger partial charge in [0, 0.05) is 59.2 Å². The predicted molar refractivity (Wildman–Crippen MR) is 248 cm³/mol. The van der Waals surface area contributed by atoms with E-state index in [1.54, 1.807) is 70.4 Å². The fourth-order valence-electron chi connectivity index (χ4n) is 5.84. The second kappa shape index (κ2) is 21.6. The number of nitrogens with zero attached hydrogens (tertiary/aromatic N) is 6. The van der Waals surface area contributed by atoms with Crippen molar-refractivity contribution in [3.05, 3.63) is 148 Å². The van der Waals surface area contributed by atoms with Gasteiger partial charge in [-0.25, -0.2) is 31.9 Å². The van der Waals surface area contributed by atoms with E-state index in [0.29, 0.717) is 43.6 Å². The Bertz CT molecular complexity index is 3300. The molecule has 3 aromatic carbocycles. The number of hydrogen-bond acceptors (Lipinski definition) is 18. The number of halogens is 1. The third-order valence-electron chi connectivity index (χ3n) is 9.44. The molecule has 7 rings (SSSR count). The van der Waals surface area contributed by atoms with Crippen molar-refractivity contribution in [3.63, 3.8) is 0 Å². The van der Waals surface area contributed by atoms with Crippen molar-refractivity contribution >= 4 is 94.3 Å². The van der Waals surface area contributed by atoms with Crippen LogP contribution in [0.5, 0.6) is 0 Å². The summed E-state index contributed by atoms with van der Waals surface area (Å²) >= 11 is 9.40. The topological polar surface area (TPSA) is 247 Å². The Morgan fingerprint density at radius 3 is 1.74 bits per heavy atom. The van der Waals surface area contributed by atoms with Crippen LogP contribution in [0.2, 0.25) is 5.02 Å². The number of benzene rings is 3. The van der Waals surface area contributed by atoms with Crippen molar-refractivity contribution in [2.24, 2.45) is 14.1 Å². The van der Waals surface area contributed by atoms with E-state index in [-0.39, 0.29) is 34.2 Å². The van der Waals surface area contributed by atoms with Gasteiger partial charge in [0.1, 0.15) is 5.75 Å². The standard InChI is InChI=1S/C17H17N3O6S2.C17H17N3O4S2.C7H5ClO3/c1-10-6-15(21)20(17(23)19(10)2)11-4-5-14-12(7-11)13(18-27-14)8-28(24,25)9-16(22)26-3;1-10-6-15(21)20(17(23)19(10)2)11-4-5-14-12(7-11)13(18-26-14)8-25-9-16(22)24-3;8-6-3-1-2-5(4-6)7(9)11-10/h4-7H,8-9H2,1-3H3;4-7H,8-9H2,1-3H3;1-4,10H. The van der Waals surface area contributed by atoms with Gasteiger partial charge in [-0.3, -0.25) is 24.1 Å². The Hall–Kier alpha value is -6.24. The van der Waals surface area contributed by atoms with E-state index in [1.165, 1.54) is 63.8 Å². The summed E-state index contributed by atoms with van der Waals surface area (Å²) in [5.41, 5.74) is 1.49. The van der Waals surface area contributed by atoms with Crippen molar-refractivity contribution in [1.82, 2.24) is 27.0 Å². The molecule has 0 spiro atoms. The van der Waals surface area contributed by atoms with Crippen LogP contribution in [-0.4, -0.2) is 84.3 Å². The zero-order valence-corrected chi connectivity index (χ0v) is 39.3. The van der Waals surface area contributed by atoms with E-state index in [4.69, 9.17) is 16.9 Å². The van der Waals surface area contributed by atoms with E-state index in [0.717, 1.165) is 43.6 Å². The molecule has 0 amide bonds. The largest absolute Gasteiger partial charge is 0.468 e. The summed E-state index contributed by atoms with van der Waals surface area (Å²) < 4.78 is 48.6.